The van der Waals surface area contributed by atoms with E-state index in [2.05, 4.69) is 4.90 Å². The molecule has 0 aliphatic carbocycles. The van der Waals surface area contributed by atoms with Gasteiger partial charge in [0.15, 0.2) is 0 Å². The van der Waals surface area contributed by atoms with Gasteiger partial charge in [-0.25, -0.2) is 0 Å². The molecule has 2 fully saturated rings. The third kappa shape index (κ3) is 1.73. The quantitative estimate of drug-likeness (QED) is 0.644. The Morgan fingerprint density at radius 2 is 2.31 bits per heavy atom. The van der Waals surface area contributed by atoms with E-state index in [0.29, 0.717) is 5.92 Å². The molecule has 0 aromatic rings. The van der Waals surface area contributed by atoms with Crippen molar-refractivity contribution in [3.8, 4) is 0 Å². The van der Waals surface area contributed by atoms with E-state index in [4.69, 9.17) is 10.8 Å². The van der Waals surface area contributed by atoms with Crippen molar-refractivity contribution in [3.63, 3.8) is 0 Å². The van der Waals surface area contributed by atoms with Crippen molar-refractivity contribution in [2.24, 2.45) is 11.7 Å². The minimum absolute atomic E-state index is 0.0638. The Bertz CT molecular complexity index is 186. The van der Waals surface area contributed by atoms with Crippen LogP contribution < -0.4 is 5.73 Å². The molecule has 13 heavy (non-hydrogen) atoms. The lowest BCUT2D eigenvalue weighted by Crippen LogP contribution is -2.59. The maximum Gasteiger partial charge on any atom is 0.0448 e. The zero-order valence-corrected chi connectivity index (χ0v) is 8.21. The summed E-state index contributed by atoms with van der Waals surface area (Å²) in [6, 6.07) is 0. The van der Waals surface area contributed by atoms with Gasteiger partial charge in [0, 0.05) is 18.7 Å². The summed E-state index contributed by atoms with van der Waals surface area (Å²) < 4.78 is 0. The fourth-order valence-corrected chi connectivity index (χ4v) is 2.84. The largest absolute Gasteiger partial charge is 0.396 e. The lowest BCUT2D eigenvalue weighted by molar-refractivity contribution is 0.0394. The van der Waals surface area contributed by atoms with E-state index in [1.165, 1.54) is 19.4 Å². The van der Waals surface area contributed by atoms with Crippen molar-refractivity contribution in [2.75, 3.05) is 26.2 Å². The molecule has 0 radical (unpaired) electrons. The third-order valence-corrected chi connectivity index (χ3v) is 3.79. The van der Waals surface area contributed by atoms with Crippen molar-refractivity contribution >= 4 is 0 Å². The van der Waals surface area contributed by atoms with Crippen LogP contribution in [-0.2, 0) is 0 Å². The van der Waals surface area contributed by atoms with Crippen LogP contribution in [0.5, 0.6) is 0 Å². The van der Waals surface area contributed by atoms with E-state index in [9.17, 15) is 0 Å². The first kappa shape index (κ1) is 9.44. The average molecular weight is 184 g/mol. The van der Waals surface area contributed by atoms with E-state index < -0.39 is 0 Å². The van der Waals surface area contributed by atoms with Gasteiger partial charge in [-0.05, 0) is 44.7 Å². The number of fused-ring (bicyclic) bond motifs is 2. The van der Waals surface area contributed by atoms with E-state index in [1.807, 2.05) is 0 Å². The highest BCUT2D eigenvalue weighted by Gasteiger charge is 2.40. The standard InChI is InChI=1S/C10H20N2O/c11-10(4-7-13)3-6-12-5-1-2-9(10)8-12/h9,13H,1-8,11H2. The summed E-state index contributed by atoms with van der Waals surface area (Å²) in [5, 5.41) is 8.99. The highest BCUT2D eigenvalue weighted by Crippen LogP contribution is 2.34. The fourth-order valence-electron chi connectivity index (χ4n) is 2.84. The summed E-state index contributed by atoms with van der Waals surface area (Å²) in [5.41, 5.74) is 6.27. The summed E-state index contributed by atoms with van der Waals surface area (Å²) in [5.74, 6) is 0.627. The maximum atomic E-state index is 8.99. The van der Waals surface area contributed by atoms with Crippen LogP contribution in [0.3, 0.4) is 0 Å². The molecule has 0 spiro atoms. The minimum atomic E-state index is -0.0638. The average Bonchev–Trinajstić information content (AvgIpc) is 2.14. The van der Waals surface area contributed by atoms with Crippen molar-refractivity contribution in [1.82, 2.24) is 4.90 Å². The predicted octanol–water partition coefficient (Wildman–Crippen LogP) is 0.182. The molecule has 2 saturated heterocycles. The molecule has 0 aromatic carbocycles. The van der Waals surface area contributed by atoms with Gasteiger partial charge in [0.05, 0.1) is 0 Å². The zero-order chi connectivity index (χ0) is 9.31. The summed E-state index contributed by atoms with van der Waals surface area (Å²) >= 11 is 0. The first-order valence-corrected chi connectivity index (χ1v) is 5.37. The second-order valence-electron chi connectivity index (χ2n) is 4.60. The molecule has 3 heteroatoms. The van der Waals surface area contributed by atoms with Gasteiger partial charge in [0.1, 0.15) is 0 Å². The second-order valence-corrected chi connectivity index (χ2v) is 4.60. The number of piperidine rings is 2. The van der Waals surface area contributed by atoms with Gasteiger partial charge < -0.3 is 15.7 Å². The van der Waals surface area contributed by atoms with Gasteiger partial charge in [0.2, 0.25) is 0 Å². The molecule has 2 heterocycles. The smallest absolute Gasteiger partial charge is 0.0448 e. The number of hydrogen-bond donors (Lipinski definition) is 2. The maximum absolute atomic E-state index is 8.99. The highest BCUT2D eigenvalue weighted by atomic mass is 16.3. The van der Waals surface area contributed by atoms with Crippen LogP contribution in [0, 0.1) is 5.92 Å². The van der Waals surface area contributed by atoms with Crippen molar-refractivity contribution < 1.29 is 5.11 Å². The molecule has 76 valence electrons. The molecular formula is C10H20N2O. The van der Waals surface area contributed by atoms with Crippen molar-refractivity contribution in [1.29, 1.82) is 0 Å². The van der Waals surface area contributed by atoms with Gasteiger partial charge in [0.25, 0.3) is 0 Å². The SMILES string of the molecule is NC1(CCO)CCN2CCCC1C2. The molecule has 2 rings (SSSR count). The Hall–Kier alpha value is -0.120. The Labute approximate surface area is 79.9 Å². The lowest BCUT2D eigenvalue weighted by atomic mass is 9.72. The fraction of sp³-hybridized carbons (Fsp3) is 1.00. The van der Waals surface area contributed by atoms with E-state index in [0.717, 1.165) is 25.9 Å². The number of nitrogens with zero attached hydrogens (tertiary/aromatic N) is 1. The highest BCUT2D eigenvalue weighted by molar-refractivity contribution is 4.98. The summed E-state index contributed by atoms with van der Waals surface area (Å²) in [7, 11) is 0. The van der Waals surface area contributed by atoms with Gasteiger partial charge in [-0.1, -0.05) is 0 Å². The van der Waals surface area contributed by atoms with E-state index in [1.54, 1.807) is 0 Å². The first-order valence-electron chi connectivity index (χ1n) is 5.37. The van der Waals surface area contributed by atoms with E-state index >= 15 is 0 Å². The van der Waals surface area contributed by atoms with Crippen LogP contribution in [0.1, 0.15) is 25.7 Å². The topological polar surface area (TPSA) is 49.5 Å². The van der Waals surface area contributed by atoms with Gasteiger partial charge in [-0.15, -0.1) is 0 Å². The molecule has 0 aromatic heterocycles. The number of nitrogens with two attached hydrogens (primary N) is 1. The van der Waals surface area contributed by atoms with Crippen LogP contribution in [0.4, 0.5) is 0 Å². The van der Waals surface area contributed by atoms with Gasteiger partial charge >= 0.3 is 0 Å². The van der Waals surface area contributed by atoms with Crippen molar-refractivity contribution in [3.05, 3.63) is 0 Å². The van der Waals surface area contributed by atoms with Crippen LogP contribution >= 0.6 is 0 Å². The Kier molecular flexibility index (Phi) is 2.58. The Morgan fingerprint density at radius 3 is 3.08 bits per heavy atom. The molecule has 2 aliphatic heterocycles. The predicted molar refractivity (Wildman–Crippen MR) is 52.4 cm³/mol. The minimum Gasteiger partial charge on any atom is -0.396 e. The lowest BCUT2D eigenvalue weighted by Gasteiger charge is -2.49. The first-order chi connectivity index (χ1) is 6.24. The Morgan fingerprint density at radius 1 is 1.46 bits per heavy atom. The molecule has 3 N–H and O–H groups in total. The number of aliphatic hydroxyl groups is 1. The molecule has 0 saturated carbocycles. The van der Waals surface area contributed by atoms with Crippen LogP contribution in [0.2, 0.25) is 0 Å². The van der Waals surface area contributed by atoms with Gasteiger partial charge in [-0.2, -0.15) is 0 Å². The van der Waals surface area contributed by atoms with Gasteiger partial charge in [-0.3, -0.25) is 0 Å². The third-order valence-electron chi connectivity index (χ3n) is 3.79. The van der Waals surface area contributed by atoms with Crippen LogP contribution in [0.15, 0.2) is 0 Å². The zero-order valence-electron chi connectivity index (χ0n) is 8.21. The summed E-state index contributed by atoms with van der Waals surface area (Å²) in [6.07, 6.45) is 4.39. The van der Waals surface area contributed by atoms with Crippen LogP contribution in [-0.4, -0.2) is 41.8 Å². The molecular weight excluding hydrogens is 164 g/mol. The molecule has 3 atom stereocenters. The second kappa shape index (κ2) is 3.56. The molecule has 0 amide bonds. The summed E-state index contributed by atoms with van der Waals surface area (Å²) in [4.78, 5) is 2.51. The molecule has 3 unspecified atom stereocenters. The number of aliphatic hydroxyl groups excluding tert-OH is 1. The monoisotopic (exact) mass is 184 g/mol. The molecule has 3 nitrogen and oxygen atoms in total. The number of hydrogen-bond acceptors (Lipinski definition) is 3. The Balaban J connectivity index is 2.03. The van der Waals surface area contributed by atoms with Crippen molar-refractivity contribution in [2.45, 2.75) is 31.2 Å². The van der Waals surface area contributed by atoms with Crippen LogP contribution in [0.25, 0.3) is 0 Å². The summed E-state index contributed by atoms with van der Waals surface area (Å²) in [6.45, 7) is 3.79. The normalized spacial score (nSPS) is 44.8. The number of rotatable bonds is 2. The molecule has 2 aliphatic rings. The molecule has 2 bridgehead atoms. The van der Waals surface area contributed by atoms with E-state index in [-0.39, 0.29) is 12.1 Å².